The fourth-order valence-electron chi connectivity index (χ4n) is 5.10. The molecule has 0 radical (unpaired) electrons. The summed E-state index contributed by atoms with van der Waals surface area (Å²) in [5, 5.41) is 6.76. The van der Waals surface area contributed by atoms with Gasteiger partial charge in [0.2, 0.25) is 0 Å². The lowest BCUT2D eigenvalue weighted by atomic mass is 9.57. The van der Waals surface area contributed by atoms with Crippen LogP contribution in [0.2, 0.25) is 0 Å². The minimum absolute atomic E-state index is 0.0807. The van der Waals surface area contributed by atoms with E-state index in [1.807, 2.05) is 9.80 Å². The molecule has 1 atom stereocenters. The Balaban J connectivity index is 1.08. The van der Waals surface area contributed by atoms with Crippen molar-refractivity contribution >= 4 is 6.03 Å². The minimum Gasteiger partial charge on any atom is -0.324 e. The molecule has 3 fully saturated rings. The Labute approximate surface area is 170 Å². The van der Waals surface area contributed by atoms with Gasteiger partial charge in [0.05, 0.1) is 5.56 Å². The van der Waals surface area contributed by atoms with E-state index < -0.39 is 11.7 Å². The molecule has 0 aromatic carbocycles. The Kier molecular flexibility index (Phi) is 4.44. The van der Waals surface area contributed by atoms with E-state index in [4.69, 9.17) is 0 Å². The van der Waals surface area contributed by atoms with Gasteiger partial charge in [-0.25, -0.2) is 19.7 Å². The molecular weight excluding hydrogens is 399 g/mol. The van der Waals surface area contributed by atoms with Gasteiger partial charge in [-0.1, -0.05) is 0 Å². The number of likely N-dealkylation sites (tertiary alicyclic amines) is 2. The lowest BCUT2D eigenvalue weighted by Gasteiger charge is -2.59. The molecule has 1 aliphatic carbocycles. The van der Waals surface area contributed by atoms with Gasteiger partial charge in [-0.2, -0.15) is 18.3 Å². The van der Waals surface area contributed by atoms with E-state index >= 15 is 0 Å². The van der Waals surface area contributed by atoms with Crippen LogP contribution in [0.3, 0.4) is 0 Å². The zero-order chi connectivity index (χ0) is 20.9. The second-order valence-corrected chi connectivity index (χ2v) is 8.81. The number of H-pyrrole nitrogens is 1. The van der Waals surface area contributed by atoms with Crippen LogP contribution in [0.1, 0.15) is 42.4 Å². The van der Waals surface area contributed by atoms with Gasteiger partial charge in [0.1, 0.15) is 18.0 Å². The summed E-state index contributed by atoms with van der Waals surface area (Å²) in [6.07, 6.45) is 2.16. The maximum Gasteiger partial charge on any atom is 0.419 e. The maximum atomic E-state index is 12.7. The SMILES string of the molecule is O=C(N1CC[C@H](c2ncn[nH]2)C1)N1CC2(CC(Cc3ncc(C(F)(F)F)cn3)C2)C1. The largest absolute Gasteiger partial charge is 0.419 e. The topological polar surface area (TPSA) is 90.9 Å². The van der Waals surface area contributed by atoms with Crippen molar-refractivity contribution in [2.24, 2.45) is 11.3 Å². The molecule has 3 aliphatic rings. The molecule has 30 heavy (non-hydrogen) atoms. The molecule has 4 heterocycles. The molecule has 160 valence electrons. The molecular formula is C19H22F3N7O. The Morgan fingerprint density at radius 1 is 1.17 bits per heavy atom. The van der Waals surface area contributed by atoms with Crippen molar-refractivity contribution in [2.45, 2.75) is 37.8 Å². The summed E-state index contributed by atoms with van der Waals surface area (Å²) >= 11 is 0. The Bertz CT molecular complexity index is 901. The number of hydrogen-bond donors (Lipinski definition) is 1. The van der Waals surface area contributed by atoms with Crippen LogP contribution in [0.5, 0.6) is 0 Å². The predicted molar refractivity (Wildman–Crippen MR) is 98.2 cm³/mol. The first kappa shape index (κ1) is 19.3. The first-order valence-corrected chi connectivity index (χ1v) is 10.1. The fraction of sp³-hybridized carbons (Fsp3) is 0.632. The number of rotatable bonds is 3. The normalized spacial score (nSPS) is 23.5. The van der Waals surface area contributed by atoms with Crippen LogP contribution < -0.4 is 0 Å². The highest BCUT2D eigenvalue weighted by Gasteiger charge is 2.54. The van der Waals surface area contributed by atoms with Crippen LogP contribution in [0.15, 0.2) is 18.7 Å². The second kappa shape index (κ2) is 6.92. The zero-order valence-electron chi connectivity index (χ0n) is 16.3. The standard InChI is InChI=1S/C19H22F3N7O/c20-19(21,22)14-6-23-15(24-7-14)3-12-4-18(5-12)9-29(10-18)17(30)28-2-1-13(8-28)16-25-11-26-27-16/h6-7,11-13H,1-5,8-10H2,(H,25,26,27)/t13-/m0/s1. The first-order valence-electron chi connectivity index (χ1n) is 10.1. The van der Waals surface area contributed by atoms with Crippen LogP contribution in [-0.2, 0) is 12.6 Å². The molecule has 0 bridgehead atoms. The number of aromatic amines is 1. The fourth-order valence-corrected chi connectivity index (χ4v) is 5.10. The van der Waals surface area contributed by atoms with Gasteiger partial charge in [0.25, 0.3) is 0 Å². The summed E-state index contributed by atoms with van der Waals surface area (Å²) in [4.78, 5) is 28.5. The molecule has 8 nitrogen and oxygen atoms in total. The van der Waals surface area contributed by atoms with E-state index in [2.05, 4.69) is 25.1 Å². The van der Waals surface area contributed by atoms with Crippen molar-refractivity contribution in [1.29, 1.82) is 0 Å². The van der Waals surface area contributed by atoms with Crippen molar-refractivity contribution in [3.63, 3.8) is 0 Å². The Morgan fingerprint density at radius 2 is 1.90 bits per heavy atom. The van der Waals surface area contributed by atoms with Crippen molar-refractivity contribution in [3.8, 4) is 0 Å². The van der Waals surface area contributed by atoms with E-state index in [9.17, 15) is 18.0 Å². The number of carbonyl (C=O) groups is 1. The van der Waals surface area contributed by atoms with Crippen LogP contribution in [0.4, 0.5) is 18.0 Å². The van der Waals surface area contributed by atoms with Gasteiger partial charge in [0, 0.05) is 56.3 Å². The first-order chi connectivity index (χ1) is 14.3. The quantitative estimate of drug-likeness (QED) is 0.822. The van der Waals surface area contributed by atoms with E-state index in [1.54, 1.807) is 0 Å². The highest BCUT2D eigenvalue weighted by molar-refractivity contribution is 5.76. The smallest absolute Gasteiger partial charge is 0.324 e. The predicted octanol–water partition coefficient (Wildman–Crippen LogP) is 2.48. The van der Waals surface area contributed by atoms with E-state index in [0.29, 0.717) is 24.7 Å². The maximum absolute atomic E-state index is 12.7. The number of alkyl halides is 3. The van der Waals surface area contributed by atoms with Gasteiger partial charge in [-0.15, -0.1) is 0 Å². The lowest BCUT2D eigenvalue weighted by molar-refractivity contribution is -0.138. The summed E-state index contributed by atoms with van der Waals surface area (Å²) < 4.78 is 37.8. The molecule has 1 N–H and O–H groups in total. The number of halogens is 3. The van der Waals surface area contributed by atoms with E-state index in [0.717, 1.165) is 57.1 Å². The van der Waals surface area contributed by atoms with Crippen LogP contribution in [0.25, 0.3) is 0 Å². The van der Waals surface area contributed by atoms with Gasteiger partial charge >= 0.3 is 12.2 Å². The van der Waals surface area contributed by atoms with Crippen LogP contribution in [0, 0.1) is 11.3 Å². The van der Waals surface area contributed by atoms with E-state index in [-0.39, 0.29) is 17.4 Å². The van der Waals surface area contributed by atoms with Gasteiger partial charge < -0.3 is 9.80 Å². The number of nitrogens with zero attached hydrogens (tertiary/aromatic N) is 6. The summed E-state index contributed by atoms with van der Waals surface area (Å²) in [5.41, 5.74) is -0.659. The third-order valence-corrected chi connectivity index (χ3v) is 6.55. The average molecular weight is 421 g/mol. The van der Waals surface area contributed by atoms with E-state index in [1.165, 1.54) is 6.33 Å². The molecule has 0 unspecified atom stereocenters. The summed E-state index contributed by atoms with van der Waals surface area (Å²) in [5.74, 6) is 1.86. The molecule has 2 amide bonds. The monoisotopic (exact) mass is 421 g/mol. The van der Waals surface area contributed by atoms with Gasteiger partial charge in [-0.3, -0.25) is 5.10 Å². The number of carbonyl (C=O) groups excluding carboxylic acids is 1. The molecule has 2 aliphatic heterocycles. The highest BCUT2D eigenvalue weighted by Crippen LogP contribution is 2.53. The van der Waals surface area contributed by atoms with Crippen molar-refractivity contribution in [3.05, 3.63) is 35.9 Å². The number of urea groups is 1. The second-order valence-electron chi connectivity index (χ2n) is 8.81. The highest BCUT2D eigenvalue weighted by atomic mass is 19.4. The number of nitrogens with one attached hydrogen (secondary N) is 1. The molecule has 2 saturated heterocycles. The Morgan fingerprint density at radius 3 is 2.53 bits per heavy atom. The molecule has 1 spiro atoms. The minimum atomic E-state index is -4.41. The lowest BCUT2D eigenvalue weighted by Crippen LogP contribution is -2.65. The molecule has 2 aromatic heterocycles. The summed E-state index contributed by atoms with van der Waals surface area (Å²) in [6.45, 7) is 2.88. The molecule has 1 saturated carbocycles. The van der Waals surface area contributed by atoms with Crippen LogP contribution in [-0.4, -0.2) is 67.2 Å². The van der Waals surface area contributed by atoms with Crippen molar-refractivity contribution < 1.29 is 18.0 Å². The van der Waals surface area contributed by atoms with Crippen molar-refractivity contribution in [1.82, 2.24) is 34.9 Å². The number of aromatic nitrogens is 5. The number of amides is 2. The Hall–Kier alpha value is -2.72. The van der Waals surface area contributed by atoms with Gasteiger partial charge in [-0.05, 0) is 25.2 Å². The molecule has 11 heteroatoms. The van der Waals surface area contributed by atoms with Gasteiger partial charge in [0.15, 0.2) is 0 Å². The van der Waals surface area contributed by atoms with Crippen LogP contribution >= 0.6 is 0 Å². The summed E-state index contributed by atoms with van der Waals surface area (Å²) in [7, 11) is 0. The zero-order valence-corrected chi connectivity index (χ0v) is 16.3. The average Bonchev–Trinajstić information content (AvgIpc) is 3.33. The third kappa shape index (κ3) is 3.50. The molecule has 5 rings (SSSR count). The number of hydrogen-bond acceptors (Lipinski definition) is 5. The molecule has 2 aromatic rings. The third-order valence-electron chi connectivity index (χ3n) is 6.55. The van der Waals surface area contributed by atoms with Crippen molar-refractivity contribution in [2.75, 3.05) is 26.2 Å². The summed E-state index contributed by atoms with van der Waals surface area (Å²) in [6, 6.07) is 0.0807.